The number of para-hydroxylation sites is 1. The molecule has 1 saturated heterocycles. The highest BCUT2D eigenvalue weighted by Crippen LogP contribution is 2.33. The lowest BCUT2D eigenvalue weighted by atomic mass is 10.1. The van der Waals surface area contributed by atoms with Crippen molar-refractivity contribution in [2.45, 2.75) is 6.18 Å². The zero-order valence-corrected chi connectivity index (χ0v) is 20.0. The third kappa shape index (κ3) is 6.10. The molecule has 0 aliphatic carbocycles. The maximum atomic E-state index is 13.2. The number of nitro benzene ring substituents is 1. The second kappa shape index (κ2) is 11.0. The van der Waals surface area contributed by atoms with E-state index >= 15 is 0 Å². The molecule has 0 saturated carbocycles. The number of nitrogens with one attached hydrogen (secondary N) is 1. The Balaban J connectivity index is 1.60. The summed E-state index contributed by atoms with van der Waals surface area (Å²) in [4.78, 5) is 61.1. The van der Waals surface area contributed by atoms with E-state index in [4.69, 9.17) is 4.74 Å². The van der Waals surface area contributed by atoms with Gasteiger partial charge in [0.2, 0.25) is 0 Å². The van der Waals surface area contributed by atoms with Crippen molar-refractivity contribution < 1.29 is 42.0 Å². The molecule has 3 aromatic rings. The summed E-state index contributed by atoms with van der Waals surface area (Å²) in [5.74, 6) is -3.28. The van der Waals surface area contributed by atoms with E-state index in [0.29, 0.717) is 16.5 Å². The van der Waals surface area contributed by atoms with Crippen LogP contribution in [0.15, 0.2) is 84.4 Å². The zero-order chi connectivity index (χ0) is 29.0. The SMILES string of the molecule is O=C(/C=C/c1cccc([N+](=O)[O-])c1)Oc1ccccc1/C=C1/C(=O)NC(=O)N(c2cccc(C(F)(F)F)c2)C1=O. The Bertz CT molecular complexity index is 1610. The van der Waals surface area contributed by atoms with Crippen molar-refractivity contribution >= 4 is 47.3 Å². The molecular weight excluding hydrogens is 535 g/mol. The lowest BCUT2D eigenvalue weighted by molar-refractivity contribution is -0.384. The molecule has 0 bridgehead atoms. The van der Waals surface area contributed by atoms with Gasteiger partial charge in [-0.15, -0.1) is 0 Å². The molecule has 1 fully saturated rings. The van der Waals surface area contributed by atoms with Crippen LogP contribution in [0.25, 0.3) is 12.2 Å². The molecule has 4 rings (SSSR count). The molecule has 0 radical (unpaired) electrons. The van der Waals surface area contributed by atoms with Crippen LogP contribution in [0, 0.1) is 10.1 Å². The summed E-state index contributed by atoms with van der Waals surface area (Å²) >= 11 is 0. The van der Waals surface area contributed by atoms with Gasteiger partial charge in [-0.3, -0.25) is 25.0 Å². The van der Waals surface area contributed by atoms with Crippen LogP contribution in [0.5, 0.6) is 5.75 Å². The van der Waals surface area contributed by atoms with Crippen molar-refractivity contribution in [1.29, 1.82) is 0 Å². The Hall–Kier alpha value is -5.59. The number of anilines is 1. The average Bonchev–Trinajstić information content (AvgIpc) is 2.90. The largest absolute Gasteiger partial charge is 0.423 e. The molecule has 0 spiro atoms. The van der Waals surface area contributed by atoms with Crippen molar-refractivity contribution in [1.82, 2.24) is 5.32 Å². The Morgan fingerprint density at radius 1 is 0.975 bits per heavy atom. The Morgan fingerprint density at radius 3 is 2.42 bits per heavy atom. The maximum Gasteiger partial charge on any atom is 0.416 e. The first kappa shape index (κ1) is 27.4. The molecule has 1 aliphatic heterocycles. The monoisotopic (exact) mass is 551 g/mol. The van der Waals surface area contributed by atoms with E-state index in [1.54, 1.807) is 0 Å². The minimum absolute atomic E-state index is 0.0661. The normalized spacial score (nSPS) is 14.9. The van der Waals surface area contributed by atoms with Crippen LogP contribution in [-0.4, -0.2) is 28.7 Å². The first-order chi connectivity index (χ1) is 18.9. The van der Waals surface area contributed by atoms with Crippen LogP contribution in [0.1, 0.15) is 16.7 Å². The van der Waals surface area contributed by atoms with Crippen molar-refractivity contribution in [2.24, 2.45) is 0 Å². The molecule has 0 atom stereocenters. The molecule has 4 amide bonds. The summed E-state index contributed by atoms with van der Waals surface area (Å²) in [5, 5.41) is 12.8. The van der Waals surface area contributed by atoms with Crippen molar-refractivity contribution in [2.75, 3.05) is 4.90 Å². The number of urea groups is 1. The van der Waals surface area contributed by atoms with Crippen LogP contribution < -0.4 is 15.0 Å². The fraction of sp³-hybridized carbons (Fsp3) is 0.0370. The number of amides is 4. The summed E-state index contributed by atoms with van der Waals surface area (Å²) in [5.41, 5.74) is -1.89. The Labute approximate surface area is 223 Å². The van der Waals surface area contributed by atoms with Gasteiger partial charge >= 0.3 is 18.2 Å². The van der Waals surface area contributed by atoms with E-state index in [2.05, 4.69) is 0 Å². The lowest BCUT2D eigenvalue weighted by Gasteiger charge is -2.27. The van der Waals surface area contributed by atoms with Gasteiger partial charge in [0.15, 0.2) is 0 Å². The Kier molecular flexibility index (Phi) is 7.57. The number of hydrogen-bond acceptors (Lipinski definition) is 7. The van der Waals surface area contributed by atoms with Gasteiger partial charge in [0.1, 0.15) is 11.3 Å². The van der Waals surface area contributed by atoms with Gasteiger partial charge in [0, 0.05) is 23.8 Å². The number of nitrogens with zero attached hydrogens (tertiary/aromatic N) is 2. The number of carbonyl (C=O) groups is 4. The molecular formula is C27H16F3N3O7. The fourth-order valence-electron chi connectivity index (χ4n) is 3.61. The molecule has 1 aliphatic rings. The summed E-state index contributed by atoms with van der Waals surface area (Å²) in [6.07, 6.45) is -1.42. The van der Waals surface area contributed by atoms with Crippen LogP contribution in [0.3, 0.4) is 0 Å². The van der Waals surface area contributed by atoms with Crippen molar-refractivity contribution in [3.05, 3.63) is 111 Å². The zero-order valence-electron chi connectivity index (χ0n) is 20.0. The van der Waals surface area contributed by atoms with E-state index in [1.807, 2.05) is 5.32 Å². The van der Waals surface area contributed by atoms with E-state index in [1.165, 1.54) is 54.6 Å². The quantitative estimate of drug-likeness (QED) is 0.115. The predicted octanol–water partition coefficient (Wildman–Crippen LogP) is 4.90. The maximum absolute atomic E-state index is 13.2. The second-order valence-corrected chi connectivity index (χ2v) is 8.15. The molecule has 0 aromatic heterocycles. The highest BCUT2D eigenvalue weighted by atomic mass is 19.4. The molecule has 40 heavy (non-hydrogen) atoms. The van der Waals surface area contributed by atoms with E-state index < -0.39 is 51.7 Å². The van der Waals surface area contributed by atoms with Gasteiger partial charge < -0.3 is 4.74 Å². The number of alkyl halides is 3. The highest BCUT2D eigenvalue weighted by Gasteiger charge is 2.38. The fourth-order valence-corrected chi connectivity index (χ4v) is 3.61. The first-order valence-corrected chi connectivity index (χ1v) is 11.3. The van der Waals surface area contributed by atoms with Crippen LogP contribution in [-0.2, 0) is 20.6 Å². The van der Waals surface area contributed by atoms with Gasteiger partial charge in [-0.05, 0) is 42.0 Å². The second-order valence-electron chi connectivity index (χ2n) is 8.15. The summed E-state index contributed by atoms with van der Waals surface area (Å²) in [7, 11) is 0. The molecule has 1 heterocycles. The number of non-ortho nitro benzene ring substituents is 1. The third-order valence-electron chi connectivity index (χ3n) is 5.46. The van der Waals surface area contributed by atoms with E-state index in [9.17, 15) is 42.5 Å². The molecule has 10 nitrogen and oxygen atoms in total. The topological polar surface area (TPSA) is 136 Å². The third-order valence-corrected chi connectivity index (χ3v) is 5.46. The number of carbonyl (C=O) groups excluding carboxylic acids is 4. The number of barbiturate groups is 1. The molecule has 202 valence electrons. The number of halogens is 3. The minimum atomic E-state index is -4.74. The van der Waals surface area contributed by atoms with Gasteiger partial charge in [0.25, 0.3) is 17.5 Å². The predicted molar refractivity (Wildman–Crippen MR) is 135 cm³/mol. The summed E-state index contributed by atoms with van der Waals surface area (Å²) in [6, 6.07) is 13.5. The number of hydrogen-bond donors (Lipinski definition) is 1. The van der Waals surface area contributed by atoms with E-state index in [-0.39, 0.29) is 17.0 Å². The highest BCUT2D eigenvalue weighted by molar-refractivity contribution is 6.39. The average molecular weight is 551 g/mol. The molecule has 1 N–H and O–H groups in total. The number of imide groups is 2. The van der Waals surface area contributed by atoms with Crippen LogP contribution in [0.4, 0.5) is 29.3 Å². The van der Waals surface area contributed by atoms with Gasteiger partial charge in [-0.2, -0.15) is 13.2 Å². The summed E-state index contributed by atoms with van der Waals surface area (Å²) in [6.45, 7) is 0. The lowest BCUT2D eigenvalue weighted by Crippen LogP contribution is -2.54. The smallest absolute Gasteiger partial charge is 0.416 e. The van der Waals surface area contributed by atoms with Gasteiger partial charge in [-0.25, -0.2) is 14.5 Å². The van der Waals surface area contributed by atoms with E-state index in [0.717, 1.165) is 30.4 Å². The number of nitro groups is 1. The van der Waals surface area contributed by atoms with Crippen LogP contribution >= 0.6 is 0 Å². The molecule has 3 aromatic carbocycles. The number of ether oxygens (including phenoxy) is 1. The Morgan fingerprint density at radius 2 is 1.70 bits per heavy atom. The van der Waals surface area contributed by atoms with Crippen molar-refractivity contribution in [3.8, 4) is 5.75 Å². The number of benzene rings is 3. The van der Waals surface area contributed by atoms with Gasteiger partial charge in [0.05, 0.1) is 16.2 Å². The van der Waals surface area contributed by atoms with Crippen molar-refractivity contribution in [3.63, 3.8) is 0 Å². The molecule has 13 heteroatoms. The number of esters is 1. The first-order valence-electron chi connectivity index (χ1n) is 11.3. The standard InChI is InChI=1S/C27H16F3N3O7/c28-27(29,30)18-7-4-8-19(15-18)32-25(36)21(24(35)31-26(32)37)14-17-6-1-2-10-22(17)40-23(34)12-11-16-5-3-9-20(13-16)33(38)39/h1-15H,(H,31,35,37)/b12-11+,21-14-. The number of rotatable bonds is 6. The minimum Gasteiger partial charge on any atom is -0.423 e. The van der Waals surface area contributed by atoms with Crippen LogP contribution in [0.2, 0.25) is 0 Å². The van der Waals surface area contributed by atoms with Gasteiger partial charge in [-0.1, -0.05) is 36.4 Å². The summed E-state index contributed by atoms with van der Waals surface area (Å²) < 4.78 is 44.8. The molecule has 0 unspecified atom stereocenters.